The average Bonchev–Trinajstić information content (AvgIpc) is 2.74. The maximum absolute atomic E-state index is 5.94. The predicted octanol–water partition coefficient (Wildman–Crippen LogP) is 2.66. The summed E-state index contributed by atoms with van der Waals surface area (Å²) < 4.78 is 11.4. The van der Waals surface area contributed by atoms with Crippen LogP contribution in [-0.2, 0) is 11.3 Å². The van der Waals surface area contributed by atoms with E-state index in [-0.39, 0.29) is 0 Å². The maximum Gasteiger partial charge on any atom is 0.180 e. The first kappa shape index (κ1) is 17.4. The second-order valence-corrected chi connectivity index (χ2v) is 6.23. The number of aromatic nitrogens is 4. The van der Waals surface area contributed by atoms with Crippen LogP contribution in [0.4, 0.5) is 5.82 Å². The monoisotopic (exact) mass is 363 g/mol. The Labute approximate surface area is 158 Å². The first-order chi connectivity index (χ1) is 13.3. The molecule has 0 amide bonds. The van der Waals surface area contributed by atoms with Gasteiger partial charge in [0.2, 0.25) is 0 Å². The van der Waals surface area contributed by atoms with Gasteiger partial charge < -0.3 is 14.4 Å². The molecule has 1 fully saturated rings. The molecule has 138 valence electrons. The third-order valence-corrected chi connectivity index (χ3v) is 4.33. The fraction of sp³-hybridized carbons (Fsp3) is 0.300. The minimum atomic E-state index is 0.340. The van der Waals surface area contributed by atoms with Crippen molar-refractivity contribution in [2.24, 2.45) is 0 Å². The van der Waals surface area contributed by atoms with E-state index in [9.17, 15) is 0 Å². The topological polar surface area (TPSA) is 73.3 Å². The lowest BCUT2D eigenvalue weighted by molar-refractivity contribution is 0.122. The molecule has 0 radical (unpaired) electrons. The summed E-state index contributed by atoms with van der Waals surface area (Å²) in [5.41, 5.74) is 2.40. The number of aryl methyl sites for hydroxylation is 1. The summed E-state index contributed by atoms with van der Waals surface area (Å²) in [7, 11) is 0. The summed E-state index contributed by atoms with van der Waals surface area (Å²) >= 11 is 0. The van der Waals surface area contributed by atoms with E-state index < -0.39 is 0 Å². The van der Waals surface area contributed by atoms with Crippen LogP contribution in [0.3, 0.4) is 0 Å². The van der Waals surface area contributed by atoms with Crippen molar-refractivity contribution in [3.63, 3.8) is 0 Å². The first-order valence-electron chi connectivity index (χ1n) is 8.96. The van der Waals surface area contributed by atoms with Crippen LogP contribution in [0.25, 0.3) is 11.5 Å². The zero-order valence-corrected chi connectivity index (χ0v) is 15.2. The van der Waals surface area contributed by atoms with Crippen LogP contribution in [0.2, 0.25) is 0 Å². The maximum atomic E-state index is 5.94. The van der Waals surface area contributed by atoms with E-state index >= 15 is 0 Å². The Morgan fingerprint density at radius 2 is 1.89 bits per heavy atom. The Bertz CT molecular complexity index is 898. The minimum Gasteiger partial charge on any atom is -0.485 e. The summed E-state index contributed by atoms with van der Waals surface area (Å²) in [6, 6.07) is 11.5. The number of morpholine rings is 1. The van der Waals surface area contributed by atoms with Gasteiger partial charge >= 0.3 is 0 Å². The number of pyridine rings is 2. The van der Waals surface area contributed by atoms with Gasteiger partial charge in [-0.2, -0.15) is 0 Å². The molecule has 0 bridgehead atoms. The van der Waals surface area contributed by atoms with Crippen LogP contribution in [0.15, 0.2) is 48.8 Å². The first-order valence-corrected chi connectivity index (χ1v) is 8.96. The van der Waals surface area contributed by atoms with Gasteiger partial charge in [0.25, 0.3) is 0 Å². The van der Waals surface area contributed by atoms with Gasteiger partial charge in [0.05, 0.1) is 24.6 Å². The molecule has 0 atom stereocenters. The van der Waals surface area contributed by atoms with Gasteiger partial charge in [0, 0.05) is 31.5 Å². The fourth-order valence-electron chi connectivity index (χ4n) is 2.89. The van der Waals surface area contributed by atoms with Crippen molar-refractivity contribution in [1.82, 2.24) is 19.9 Å². The highest BCUT2D eigenvalue weighted by molar-refractivity contribution is 5.53. The summed E-state index contributed by atoms with van der Waals surface area (Å²) in [4.78, 5) is 20.2. The Kier molecular flexibility index (Phi) is 5.20. The summed E-state index contributed by atoms with van der Waals surface area (Å²) in [5, 5.41) is 0. The third kappa shape index (κ3) is 4.20. The van der Waals surface area contributed by atoms with Gasteiger partial charge in [-0.1, -0.05) is 6.07 Å². The summed E-state index contributed by atoms with van der Waals surface area (Å²) in [6.07, 6.45) is 3.50. The van der Waals surface area contributed by atoms with Gasteiger partial charge in [-0.25, -0.2) is 9.97 Å². The number of nitrogens with zero attached hydrogens (tertiary/aromatic N) is 5. The summed E-state index contributed by atoms with van der Waals surface area (Å²) in [5.74, 6) is 2.22. The van der Waals surface area contributed by atoms with Gasteiger partial charge in [-0.3, -0.25) is 9.97 Å². The molecular formula is C20H21N5O2. The molecule has 0 unspecified atom stereocenters. The van der Waals surface area contributed by atoms with Gasteiger partial charge in [-0.05, 0) is 31.2 Å². The van der Waals surface area contributed by atoms with E-state index in [1.165, 1.54) is 0 Å². The van der Waals surface area contributed by atoms with Gasteiger partial charge in [-0.15, -0.1) is 0 Å². The molecule has 1 aliphatic heterocycles. The third-order valence-electron chi connectivity index (χ3n) is 4.33. The van der Waals surface area contributed by atoms with Crippen LogP contribution >= 0.6 is 0 Å². The molecule has 4 rings (SSSR count). The van der Waals surface area contributed by atoms with Crippen molar-refractivity contribution < 1.29 is 9.47 Å². The van der Waals surface area contributed by atoms with E-state index in [4.69, 9.17) is 14.5 Å². The average molecular weight is 363 g/mol. The highest BCUT2D eigenvalue weighted by Gasteiger charge is 2.16. The molecule has 27 heavy (non-hydrogen) atoms. The molecule has 0 aromatic carbocycles. The molecule has 1 saturated heterocycles. The second-order valence-electron chi connectivity index (χ2n) is 6.23. The Balaban J connectivity index is 1.64. The van der Waals surface area contributed by atoms with Crippen LogP contribution in [-0.4, -0.2) is 46.2 Å². The highest BCUT2D eigenvalue weighted by Crippen LogP contribution is 2.21. The zero-order chi connectivity index (χ0) is 18.5. The number of hydrogen-bond acceptors (Lipinski definition) is 7. The predicted molar refractivity (Wildman–Crippen MR) is 102 cm³/mol. The molecule has 4 heterocycles. The molecule has 7 heteroatoms. The van der Waals surface area contributed by atoms with E-state index in [0.717, 1.165) is 41.7 Å². The molecule has 0 spiro atoms. The normalized spacial score (nSPS) is 14.2. The van der Waals surface area contributed by atoms with E-state index in [2.05, 4.69) is 19.9 Å². The Hall–Kier alpha value is -3.06. The Morgan fingerprint density at radius 1 is 1.04 bits per heavy atom. The lowest BCUT2D eigenvalue weighted by atomic mass is 10.3. The van der Waals surface area contributed by atoms with Crippen LogP contribution in [0.5, 0.6) is 5.75 Å². The highest BCUT2D eigenvalue weighted by atomic mass is 16.5. The van der Waals surface area contributed by atoms with Crippen LogP contribution in [0.1, 0.15) is 11.4 Å². The standard InChI is InChI=1S/C20H21N5O2/c1-15-18(6-4-8-21-15)27-14-16-13-19(25-9-11-26-12-10-25)24-20(23-16)17-5-2-3-7-22-17/h2-8,13H,9-12,14H2,1H3. The van der Waals surface area contributed by atoms with Crippen LogP contribution < -0.4 is 9.64 Å². The van der Waals surface area contributed by atoms with Gasteiger partial charge in [0.15, 0.2) is 5.82 Å². The Morgan fingerprint density at radius 3 is 2.67 bits per heavy atom. The molecule has 0 aliphatic carbocycles. The fourth-order valence-corrected chi connectivity index (χ4v) is 2.89. The quantitative estimate of drug-likeness (QED) is 0.690. The number of anilines is 1. The summed E-state index contributed by atoms with van der Waals surface area (Å²) in [6.45, 7) is 5.27. The molecule has 3 aromatic heterocycles. The van der Waals surface area contributed by atoms with Crippen molar-refractivity contribution in [1.29, 1.82) is 0 Å². The number of hydrogen-bond donors (Lipinski definition) is 0. The second kappa shape index (κ2) is 8.09. The molecule has 3 aromatic rings. The molecule has 7 nitrogen and oxygen atoms in total. The van der Waals surface area contributed by atoms with Crippen molar-refractivity contribution in [3.05, 3.63) is 60.2 Å². The van der Waals surface area contributed by atoms with E-state index in [0.29, 0.717) is 25.6 Å². The van der Waals surface area contributed by atoms with Crippen molar-refractivity contribution in [2.75, 3.05) is 31.2 Å². The largest absolute Gasteiger partial charge is 0.485 e. The van der Waals surface area contributed by atoms with Crippen molar-refractivity contribution in [2.45, 2.75) is 13.5 Å². The van der Waals surface area contributed by atoms with Crippen LogP contribution in [0, 0.1) is 6.92 Å². The number of ether oxygens (including phenoxy) is 2. The molecule has 0 saturated carbocycles. The lowest BCUT2D eigenvalue weighted by Crippen LogP contribution is -2.37. The molecular weight excluding hydrogens is 342 g/mol. The van der Waals surface area contributed by atoms with Crippen molar-refractivity contribution >= 4 is 5.82 Å². The van der Waals surface area contributed by atoms with Gasteiger partial charge in [0.1, 0.15) is 23.9 Å². The minimum absolute atomic E-state index is 0.340. The van der Waals surface area contributed by atoms with E-state index in [1.807, 2.05) is 43.3 Å². The zero-order valence-electron chi connectivity index (χ0n) is 15.2. The lowest BCUT2D eigenvalue weighted by Gasteiger charge is -2.28. The SMILES string of the molecule is Cc1ncccc1OCc1cc(N2CCOCC2)nc(-c2ccccn2)n1. The smallest absolute Gasteiger partial charge is 0.180 e. The molecule has 1 aliphatic rings. The van der Waals surface area contributed by atoms with Crippen molar-refractivity contribution in [3.8, 4) is 17.3 Å². The van der Waals surface area contributed by atoms with E-state index in [1.54, 1.807) is 12.4 Å². The molecule has 0 N–H and O–H groups in total. The number of rotatable bonds is 5.